The summed E-state index contributed by atoms with van der Waals surface area (Å²) in [6, 6.07) is 8.70. The lowest BCUT2D eigenvalue weighted by atomic mass is 9.98. The van der Waals surface area contributed by atoms with Crippen LogP contribution >= 0.6 is 11.6 Å². The molecule has 0 atom stereocenters. The molecule has 0 bridgehead atoms. The SMILES string of the molecule is O=C(O)c1ccc(N2CCc3cc(Cl)ccc3C2=O)cc1F. The van der Waals surface area contributed by atoms with E-state index in [9.17, 15) is 14.0 Å². The monoisotopic (exact) mass is 319 g/mol. The highest BCUT2D eigenvalue weighted by Gasteiger charge is 2.26. The maximum absolute atomic E-state index is 13.8. The van der Waals surface area contributed by atoms with Gasteiger partial charge in [-0.15, -0.1) is 0 Å². The summed E-state index contributed by atoms with van der Waals surface area (Å²) in [5.74, 6) is -2.45. The molecular formula is C16H11ClFNO3. The van der Waals surface area contributed by atoms with Crippen LogP contribution < -0.4 is 4.90 Å². The average Bonchev–Trinajstić information content (AvgIpc) is 2.47. The fourth-order valence-electron chi connectivity index (χ4n) is 2.55. The van der Waals surface area contributed by atoms with Gasteiger partial charge < -0.3 is 10.0 Å². The third-order valence-corrected chi connectivity index (χ3v) is 3.88. The molecule has 0 unspecified atom stereocenters. The Morgan fingerprint density at radius 1 is 1.23 bits per heavy atom. The number of hydrogen-bond donors (Lipinski definition) is 1. The zero-order valence-electron chi connectivity index (χ0n) is 11.3. The number of nitrogens with zero attached hydrogens (tertiary/aromatic N) is 1. The van der Waals surface area contributed by atoms with Crippen molar-refractivity contribution < 1.29 is 19.1 Å². The summed E-state index contributed by atoms with van der Waals surface area (Å²) in [5.41, 5.74) is 1.31. The number of carbonyl (C=O) groups is 2. The van der Waals surface area contributed by atoms with E-state index in [0.717, 1.165) is 17.7 Å². The van der Waals surface area contributed by atoms with Crippen molar-refractivity contribution in [2.45, 2.75) is 6.42 Å². The number of aromatic carboxylic acids is 1. The van der Waals surface area contributed by atoms with Gasteiger partial charge in [-0.25, -0.2) is 9.18 Å². The van der Waals surface area contributed by atoms with Gasteiger partial charge in [0.2, 0.25) is 0 Å². The number of anilines is 1. The molecule has 6 heteroatoms. The first-order chi connectivity index (χ1) is 10.5. The first kappa shape index (κ1) is 14.5. The lowest BCUT2D eigenvalue weighted by Gasteiger charge is -2.28. The fourth-order valence-corrected chi connectivity index (χ4v) is 2.74. The normalized spacial score (nSPS) is 13.9. The Morgan fingerprint density at radius 2 is 2.00 bits per heavy atom. The minimum absolute atomic E-state index is 0.250. The molecule has 1 aliphatic rings. The summed E-state index contributed by atoms with van der Waals surface area (Å²) in [6.07, 6.45) is 0.601. The number of rotatable bonds is 2. The quantitative estimate of drug-likeness (QED) is 0.923. The minimum atomic E-state index is -1.34. The van der Waals surface area contributed by atoms with Crippen LogP contribution in [0, 0.1) is 5.82 Å². The van der Waals surface area contributed by atoms with Crippen LogP contribution in [0.3, 0.4) is 0 Å². The molecule has 0 radical (unpaired) electrons. The van der Waals surface area contributed by atoms with Gasteiger partial charge in [-0.3, -0.25) is 4.79 Å². The second-order valence-corrected chi connectivity index (χ2v) is 5.41. The molecule has 1 aliphatic heterocycles. The van der Waals surface area contributed by atoms with Gasteiger partial charge in [-0.1, -0.05) is 11.6 Å². The van der Waals surface area contributed by atoms with Gasteiger partial charge in [-0.2, -0.15) is 0 Å². The van der Waals surface area contributed by atoms with Crippen molar-refractivity contribution in [3.05, 3.63) is 63.9 Å². The molecule has 0 fully saturated rings. The van der Waals surface area contributed by atoms with Gasteiger partial charge in [0.05, 0.1) is 5.56 Å². The minimum Gasteiger partial charge on any atom is -0.478 e. The third-order valence-electron chi connectivity index (χ3n) is 3.64. The average molecular weight is 320 g/mol. The molecule has 2 aromatic rings. The summed E-state index contributed by atoms with van der Waals surface area (Å²) >= 11 is 5.92. The predicted octanol–water partition coefficient (Wildman–Crippen LogP) is 3.38. The van der Waals surface area contributed by atoms with Crippen molar-refractivity contribution in [2.24, 2.45) is 0 Å². The number of amides is 1. The maximum Gasteiger partial charge on any atom is 0.338 e. The molecule has 1 heterocycles. The zero-order chi connectivity index (χ0) is 15.9. The number of halogens is 2. The molecule has 1 N–H and O–H groups in total. The largest absolute Gasteiger partial charge is 0.478 e. The van der Waals surface area contributed by atoms with Crippen molar-refractivity contribution in [1.29, 1.82) is 0 Å². The van der Waals surface area contributed by atoms with Crippen molar-refractivity contribution in [2.75, 3.05) is 11.4 Å². The summed E-state index contributed by atoms with van der Waals surface area (Å²) in [7, 11) is 0. The van der Waals surface area contributed by atoms with Crippen LogP contribution in [0.15, 0.2) is 36.4 Å². The topological polar surface area (TPSA) is 57.6 Å². The Kier molecular flexibility index (Phi) is 3.58. The number of fused-ring (bicyclic) bond motifs is 1. The van der Waals surface area contributed by atoms with E-state index in [0.29, 0.717) is 29.2 Å². The van der Waals surface area contributed by atoms with E-state index in [2.05, 4.69) is 0 Å². The number of carboxylic acids is 1. The van der Waals surface area contributed by atoms with E-state index in [1.54, 1.807) is 18.2 Å². The Bertz CT molecular complexity index is 791. The summed E-state index contributed by atoms with van der Waals surface area (Å²) in [4.78, 5) is 24.8. The smallest absolute Gasteiger partial charge is 0.338 e. The van der Waals surface area contributed by atoms with Gasteiger partial charge in [0.25, 0.3) is 5.91 Å². The first-order valence-corrected chi connectivity index (χ1v) is 6.98. The second kappa shape index (κ2) is 5.42. The highest BCUT2D eigenvalue weighted by molar-refractivity contribution is 6.30. The molecule has 0 spiro atoms. The van der Waals surface area contributed by atoms with Gasteiger partial charge >= 0.3 is 5.97 Å². The molecule has 0 aromatic heterocycles. The van der Waals surface area contributed by atoms with E-state index < -0.39 is 17.3 Å². The Hall–Kier alpha value is -2.40. The van der Waals surface area contributed by atoms with Gasteiger partial charge in [0.1, 0.15) is 5.82 Å². The summed E-state index contributed by atoms with van der Waals surface area (Å²) in [6.45, 7) is 0.387. The van der Waals surface area contributed by atoms with Crippen LogP contribution in [0.5, 0.6) is 0 Å². The molecule has 112 valence electrons. The molecule has 1 amide bonds. The van der Waals surface area contributed by atoms with E-state index in [-0.39, 0.29) is 5.91 Å². The molecule has 3 rings (SSSR count). The van der Waals surface area contributed by atoms with E-state index in [1.165, 1.54) is 11.0 Å². The molecule has 0 saturated carbocycles. The van der Waals surface area contributed by atoms with Crippen LogP contribution in [0.1, 0.15) is 26.3 Å². The Balaban J connectivity index is 1.97. The molecule has 0 aliphatic carbocycles. The zero-order valence-corrected chi connectivity index (χ0v) is 12.1. The standard InChI is InChI=1S/C16H11ClFNO3/c17-10-1-3-12-9(7-10)5-6-19(15(12)20)11-2-4-13(16(21)22)14(18)8-11/h1-4,7-8H,5-6H2,(H,21,22). The van der Waals surface area contributed by atoms with E-state index in [1.807, 2.05) is 0 Å². The molecule has 22 heavy (non-hydrogen) atoms. The van der Waals surface area contributed by atoms with Crippen LogP contribution in [0.25, 0.3) is 0 Å². The highest BCUT2D eigenvalue weighted by Crippen LogP contribution is 2.27. The molecule has 2 aromatic carbocycles. The van der Waals surface area contributed by atoms with Crippen molar-refractivity contribution in [3.8, 4) is 0 Å². The number of carboxylic acid groups (broad SMARTS) is 1. The Morgan fingerprint density at radius 3 is 2.68 bits per heavy atom. The second-order valence-electron chi connectivity index (χ2n) is 4.98. The first-order valence-electron chi connectivity index (χ1n) is 6.60. The summed E-state index contributed by atoms with van der Waals surface area (Å²) < 4.78 is 13.8. The molecular weight excluding hydrogens is 309 g/mol. The third kappa shape index (κ3) is 2.44. The van der Waals surface area contributed by atoms with E-state index >= 15 is 0 Å². The van der Waals surface area contributed by atoms with Crippen molar-refractivity contribution >= 4 is 29.2 Å². The van der Waals surface area contributed by atoms with Gasteiger partial charge in [0, 0.05) is 22.8 Å². The van der Waals surface area contributed by atoms with Crippen molar-refractivity contribution in [1.82, 2.24) is 0 Å². The highest BCUT2D eigenvalue weighted by atomic mass is 35.5. The fraction of sp³-hybridized carbons (Fsp3) is 0.125. The van der Waals surface area contributed by atoms with Crippen LogP contribution in [-0.2, 0) is 6.42 Å². The number of hydrogen-bond acceptors (Lipinski definition) is 2. The number of benzene rings is 2. The van der Waals surface area contributed by atoms with Crippen LogP contribution in [0.2, 0.25) is 5.02 Å². The molecule has 4 nitrogen and oxygen atoms in total. The van der Waals surface area contributed by atoms with E-state index in [4.69, 9.17) is 16.7 Å². The molecule has 0 saturated heterocycles. The lowest BCUT2D eigenvalue weighted by Crippen LogP contribution is -2.37. The predicted molar refractivity (Wildman–Crippen MR) is 80.2 cm³/mol. The lowest BCUT2D eigenvalue weighted by molar-refractivity contribution is 0.0692. The van der Waals surface area contributed by atoms with Gasteiger partial charge in [-0.05, 0) is 48.4 Å². The van der Waals surface area contributed by atoms with Gasteiger partial charge in [0.15, 0.2) is 0 Å². The summed E-state index contributed by atoms with van der Waals surface area (Å²) in [5, 5.41) is 9.41. The van der Waals surface area contributed by atoms with Crippen molar-refractivity contribution in [3.63, 3.8) is 0 Å². The van der Waals surface area contributed by atoms with Crippen LogP contribution in [0.4, 0.5) is 10.1 Å². The number of carbonyl (C=O) groups excluding carboxylic acids is 1. The Labute approximate surface area is 130 Å². The maximum atomic E-state index is 13.8. The van der Waals surface area contributed by atoms with Crippen LogP contribution in [-0.4, -0.2) is 23.5 Å².